The Hall–Kier alpha value is -1.62. The van der Waals surface area contributed by atoms with Gasteiger partial charge in [-0.05, 0) is 37.5 Å². The molecule has 0 bridgehead atoms. The summed E-state index contributed by atoms with van der Waals surface area (Å²) < 4.78 is 26.5. The smallest absolute Gasteiger partial charge is 0.241 e. The lowest BCUT2D eigenvalue weighted by Gasteiger charge is -2.36. The van der Waals surface area contributed by atoms with E-state index in [1.165, 1.54) is 18.2 Å². The van der Waals surface area contributed by atoms with Gasteiger partial charge >= 0.3 is 0 Å². The van der Waals surface area contributed by atoms with Crippen molar-refractivity contribution in [3.63, 3.8) is 0 Å². The number of sulfonamides is 1. The third kappa shape index (κ3) is 2.87. The molecule has 2 rings (SSSR count). The Balaban J connectivity index is 2.22. The molecule has 7 heteroatoms. The summed E-state index contributed by atoms with van der Waals surface area (Å²) in [4.78, 5) is -0.118. The second-order valence-corrected chi connectivity index (χ2v) is 6.51. The molecule has 0 aromatic heterocycles. The molecule has 0 saturated heterocycles. The minimum atomic E-state index is -3.82. The van der Waals surface area contributed by atoms with Crippen LogP contribution >= 0.6 is 0 Å². The van der Waals surface area contributed by atoms with Gasteiger partial charge in [-0.2, -0.15) is 5.26 Å². The van der Waals surface area contributed by atoms with Gasteiger partial charge in [0.25, 0.3) is 0 Å². The monoisotopic (exact) mass is 281 g/mol. The third-order valence-corrected chi connectivity index (χ3v) is 4.75. The summed E-state index contributed by atoms with van der Waals surface area (Å²) in [6.45, 7) is -0.0371. The van der Waals surface area contributed by atoms with E-state index in [2.05, 4.69) is 4.72 Å². The number of nitriles is 1. The zero-order valence-electron chi connectivity index (χ0n) is 10.3. The molecule has 1 aliphatic rings. The van der Waals surface area contributed by atoms with Crippen molar-refractivity contribution in [3.05, 3.63) is 23.8 Å². The fourth-order valence-electron chi connectivity index (χ4n) is 1.94. The number of hydrogen-bond donors (Lipinski definition) is 3. The Morgan fingerprint density at radius 3 is 2.68 bits per heavy atom. The number of nitrogens with zero attached hydrogens (tertiary/aromatic N) is 1. The number of nitrogens with one attached hydrogen (secondary N) is 1. The average molecular weight is 281 g/mol. The molecule has 0 atom stereocenters. The highest BCUT2D eigenvalue weighted by Crippen LogP contribution is 2.31. The Labute approximate surface area is 111 Å². The standard InChI is InChI=1S/C12H15N3O3S/c13-7-9-6-10(14)2-3-11(9)19(17,18)15-8-12(16)4-1-5-12/h2-3,6,15-16H,1,4-5,8,14H2. The summed E-state index contributed by atoms with van der Waals surface area (Å²) in [6, 6.07) is 5.83. The van der Waals surface area contributed by atoms with Crippen molar-refractivity contribution in [3.8, 4) is 6.07 Å². The van der Waals surface area contributed by atoms with E-state index in [0.717, 1.165) is 6.42 Å². The van der Waals surface area contributed by atoms with Gasteiger partial charge in [-0.3, -0.25) is 0 Å². The Morgan fingerprint density at radius 2 is 2.16 bits per heavy atom. The maximum atomic E-state index is 12.1. The molecule has 1 aromatic carbocycles. The van der Waals surface area contributed by atoms with Crippen LogP contribution in [-0.2, 0) is 10.0 Å². The highest BCUT2D eigenvalue weighted by molar-refractivity contribution is 7.89. The summed E-state index contributed by atoms with van der Waals surface area (Å²) >= 11 is 0. The molecule has 0 spiro atoms. The van der Waals surface area contributed by atoms with Gasteiger partial charge in [0, 0.05) is 12.2 Å². The van der Waals surface area contributed by atoms with Gasteiger partial charge < -0.3 is 10.8 Å². The van der Waals surface area contributed by atoms with Crippen LogP contribution in [0.3, 0.4) is 0 Å². The van der Waals surface area contributed by atoms with Crippen LogP contribution in [0.25, 0.3) is 0 Å². The Bertz CT molecular complexity index is 630. The first kappa shape index (κ1) is 13.8. The third-order valence-electron chi connectivity index (χ3n) is 3.29. The zero-order valence-corrected chi connectivity index (χ0v) is 11.1. The fourth-order valence-corrected chi connectivity index (χ4v) is 3.19. The number of nitrogen functional groups attached to an aromatic ring is 1. The SMILES string of the molecule is N#Cc1cc(N)ccc1S(=O)(=O)NCC1(O)CCC1. The average Bonchev–Trinajstić information content (AvgIpc) is 2.33. The molecule has 1 fully saturated rings. The van der Waals surface area contributed by atoms with E-state index < -0.39 is 15.6 Å². The van der Waals surface area contributed by atoms with Gasteiger partial charge in [-0.1, -0.05) is 0 Å². The van der Waals surface area contributed by atoms with E-state index in [9.17, 15) is 13.5 Å². The predicted molar refractivity (Wildman–Crippen MR) is 69.6 cm³/mol. The van der Waals surface area contributed by atoms with E-state index in [0.29, 0.717) is 18.5 Å². The van der Waals surface area contributed by atoms with Crippen molar-refractivity contribution < 1.29 is 13.5 Å². The van der Waals surface area contributed by atoms with Crippen LogP contribution in [0.4, 0.5) is 5.69 Å². The van der Waals surface area contributed by atoms with E-state index in [1.54, 1.807) is 6.07 Å². The molecule has 6 nitrogen and oxygen atoms in total. The first-order valence-electron chi connectivity index (χ1n) is 5.88. The van der Waals surface area contributed by atoms with Crippen LogP contribution in [-0.4, -0.2) is 25.7 Å². The fraction of sp³-hybridized carbons (Fsp3) is 0.417. The van der Waals surface area contributed by atoms with Crippen molar-refractivity contribution in [2.45, 2.75) is 29.8 Å². The molecular formula is C12H15N3O3S. The maximum absolute atomic E-state index is 12.1. The predicted octanol–water partition coefficient (Wildman–Crippen LogP) is 0.334. The van der Waals surface area contributed by atoms with E-state index in [-0.39, 0.29) is 17.0 Å². The molecule has 4 N–H and O–H groups in total. The number of nitrogens with two attached hydrogens (primary N) is 1. The molecule has 0 radical (unpaired) electrons. The van der Waals surface area contributed by atoms with Gasteiger partial charge in [0.2, 0.25) is 10.0 Å². The molecular weight excluding hydrogens is 266 g/mol. The van der Waals surface area contributed by atoms with E-state index in [1.807, 2.05) is 0 Å². The molecule has 19 heavy (non-hydrogen) atoms. The lowest BCUT2D eigenvalue weighted by Crippen LogP contribution is -2.47. The lowest BCUT2D eigenvalue weighted by atomic mass is 9.81. The first-order valence-corrected chi connectivity index (χ1v) is 7.36. The minimum Gasteiger partial charge on any atom is -0.399 e. The van der Waals surface area contributed by atoms with Gasteiger partial charge in [0.1, 0.15) is 6.07 Å². The molecule has 1 aliphatic carbocycles. The Morgan fingerprint density at radius 1 is 1.47 bits per heavy atom. The molecule has 102 valence electrons. The highest BCUT2D eigenvalue weighted by Gasteiger charge is 2.35. The minimum absolute atomic E-state index is 0.00639. The van der Waals surface area contributed by atoms with Crippen LogP contribution < -0.4 is 10.5 Å². The molecule has 0 unspecified atom stereocenters. The maximum Gasteiger partial charge on any atom is 0.241 e. The zero-order chi connectivity index (χ0) is 14.1. The number of rotatable bonds is 4. The largest absolute Gasteiger partial charge is 0.399 e. The number of hydrogen-bond acceptors (Lipinski definition) is 5. The second-order valence-electron chi connectivity index (χ2n) is 4.77. The Kier molecular flexibility index (Phi) is 3.49. The van der Waals surface area contributed by atoms with Crippen molar-refractivity contribution in [1.29, 1.82) is 5.26 Å². The normalized spacial score (nSPS) is 17.5. The van der Waals surface area contributed by atoms with Crippen LogP contribution in [0.2, 0.25) is 0 Å². The highest BCUT2D eigenvalue weighted by atomic mass is 32.2. The van der Waals surface area contributed by atoms with Gasteiger partial charge in [-0.15, -0.1) is 0 Å². The summed E-state index contributed by atoms with van der Waals surface area (Å²) in [7, 11) is -3.82. The van der Waals surface area contributed by atoms with E-state index >= 15 is 0 Å². The summed E-state index contributed by atoms with van der Waals surface area (Å²) in [5.41, 5.74) is 4.88. The number of aliphatic hydroxyl groups is 1. The lowest BCUT2D eigenvalue weighted by molar-refractivity contribution is -0.0270. The van der Waals surface area contributed by atoms with Crippen LogP contribution in [0.1, 0.15) is 24.8 Å². The second kappa shape index (κ2) is 4.81. The molecule has 0 aliphatic heterocycles. The number of anilines is 1. The number of benzene rings is 1. The summed E-state index contributed by atoms with van der Waals surface area (Å²) in [6.07, 6.45) is 2.06. The van der Waals surface area contributed by atoms with Crippen LogP contribution in [0, 0.1) is 11.3 Å². The molecule has 0 amide bonds. The van der Waals surface area contributed by atoms with Gasteiger partial charge in [-0.25, -0.2) is 13.1 Å². The van der Waals surface area contributed by atoms with Crippen molar-refractivity contribution >= 4 is 15.7 Å². The van der Waals surface area contributed by atoms with Gasteiger partial charge in [0.15, 0.2) is 0 Å². The molecule has 1 saturated carbocycles. The molecule has 1 aromatic rings. The van der Waals surface area contributed by atoms with Crippen LogP contribution in [0.5, 0.6) is 0 Å². The molecule has 0 heterocycles. The van der Waals surface area contributed by atoms with Crippen molar-refractivity contribution in [2.24, 2.45) is 0 Å². The summed E-state index contributed by atoms with van der Waals surface area (Å²) in [5, 5.41) is 18.8. The van der Waals surface area contributed by atoms with E-state index in [4.69, 9.17) is 11.0 Å². The topological polar surface area (TPSA) is 116 Å². The van der Waals surface area contributed by atoms with Gasteiger partial charge in [0.05, 0.1) is 16.1 Å². The van der Waals surface area contributed by atoms with Crippen molar-refractivity contribution in [2.75, 3.05) is 12.3 Å². The van der Waals surface area contributed by atoms with Crippen molar-refractivity contribution in [1.82, 2.24) is 4.72 Å². The first-order chi connectivity index (χ1) is 8.86. The summed E-state index contributed by atoms with van der Waals surface area (Å²) in [5.74, 6) is 0. The quantitative estimate of drug-likeness (QED) is 0.688. The van der Waals surface area contributed by atoms with Crippen LogP contribution in [0.15, 0.2) is 23.1 Å².